The van der Waals surface area contributed by atoms with Gasteiger partial charge in [0.1, 0.15) is 17.3 Å². The molecule has 0 aliphatic rings. The lowest BCUT2D eigenvalue weighted by Gasteiger charge is -2.14. The van der Waals surface area contributed by atoms with Gasteiger partial charge in [-0.05, 0) is 13.0 Å². The molecule has 0 atom stereocenters. The van der Waals surface area contributed by atoms with Crippen LogP contribution in [0.1, 0.15) is 48.3 Å². The zero-order valence-electron chi connectivity index (χ0n) is 14.0. The molecular formula is C17H18F2N2O4. The van der Waals surface area contributed by atoms with Crippen LogP contribution in [0.15, 0.2) is 23.0 Å². The second kappa shape index (κ2) is 7.42. The summed E-state index contributed by atoms with van der Waals surface area (Å²) < 4.78 is 32.6. The van der Waals surface area contributed by atoms with Crippen LogP contribution in [0.2, 0.25) is 0 Å². The Kier molecular flexibility index (Phi) is 5.51. The summed E-state index contributed by atoms with van der Waals surface area (Å²) in [6.07, 6.45) is 0. The maximum atomic E-state index is 13.9. The predicted octanol–water partition coefficient (Wildman–Crippen LogP) is 2.58. The highest BCUT2D eigenvalue weighted by Crippen LogP contribution is 2.25. The second-order valence-corrected chi connectivity index (χ2v) is 5.68. The zero-order chi connectivity index (χ0) is 18.7. The first-order valence-corrected chi connectivity index (χ1v) is 7.71. The fourth-order valence-corrected chi connectivity index (χ4v) is 2.28. The largest absolute Gasteiger partial charge is 0.505 e. The van der Waals surface area contributed by atoms with Crippen LogP contribution in [0.4, 0.5) is 8.78 Å². The van der Waals surface area contributed by atoms with E-state index in [0.717, 1.165) is 10.7 Å². The van der Waals surface area contributed by atoms with Crippen molar-refractivity contribution in [3.63, 3.8) is 0 Å². The second-order valence-electron chi connectivity index (χ2n) is 5.68. The van der Waals surface area contributed by atoms with Gasteiger partial charge in [-0.25, -0.2) is 18.3 Å². The number of carbonyl (C=O) groups excluding carboxylic acids is 1. The Morgan fingerprint density at radius 2 is 2.04 bits per heavy atom. The van der Waals surface area contributed by atoms with Gasteiger partial charge in [-0.1, -0.05) is 19.9 Å². The van der Waals surface area contributed by atoms with Crippen LogP contribution in [0.5, 0.6) is 5.75 Å². The Morgan fingerprint density at radius 3 is 2.60 bits per heavy atom. The van der Waals surface area contributed by atoms with Gasteiger partial charge < -0.3 is 9.84 Å². The van der Waals surface area contributed by atoms with Gasteiger partial charge in [0.15, 0.2) is 11.3 Å². The predicted molar refractivity (Wildman–Crippen MR) is 85.7 cm³/mol. The monoisotopic (exact) mass is 352 g/mol. The van der Waals surface area contributed by atoms with Gasteiger partial charge in [0.2, 0.25) is 0 Å². The molecule has 25 heavy (non-hydrogen) atoms. The van der Waals surface area contributed by atoms with Gasteiger partial charge in [0, 0.05) is 17.5 Å². The van der Waals surface area contributed by atoms with E-state index < -0.39 is 34.5 Å². The molecule has 0 spiro atoms. The summed E-state index contributed by atoms with van der Waals surface area (Å²) in [5.74, 6) is -3.43. The van der Waals surface area contributed by atoms with Crippen molar-refractivity contribution >= 4 is 5.97 Å². The van der Waals surface area contributed by atoms with Crippen molar-refractivity contribution in [1.82, 2.24) is 9.78 Å². The highest BCUT2D eigenvalue weighted by Gasteiger charge is 2.25. The van der Waals surface area contributed by atoms with Crippen molar-refractivity contribution in [2.24, 2.45) is 0 Å². The summed E-state index contributed by atoms with van der Waals surface area (Å²) in [4.78, 5) is 24.5. The average molecular weight is 352 g/mol. The minimum absolute atomic E-state index is 0.0175. The minimum Gasteiger partial charge on any atom is -0.505 e. The Labute approximate surface area is 142 Å². The van der Waals surface area contributed by atoms with E-state index >= 15 is 0 Å². The Balaban J connectivity index is 2.61. The molecule has 0 unspecified atom stereocenters. The topological polar surface area (TPSA) is 81.4 Å². The number of aromatic nitrogens is 2. The fourth-order valence-electron chi connectivity index (χ4n) is 2.28. The van der Waals surface area contributed by atoms with Crippen LogP contribution < -0.4 is 5.56 Å². The third kappa shape index (κ3) is 3.84. The number of esters is 1. The first-order chi connectivity index (χ1) is 11.8. The van der Waals surface area contributed by atoms with Crippen molar-refractivity contribution in [3.05, 3.63) is 57.0 Å². The van der Waals surface area contributed by atoms with Crippen molar-refractivity contribution in [1.29, 1.82) is 0 Å². The SMILES string of the molecule is CCOC(=O)c1c(O)c(C(C)C)nn(Cc2ccc(F)cc2F)c1=O. The quantitative estimate of drug-likeness (QED) is 0.837. The van der Waals surface area contributed by atoms with E-state index in [-0.39, 0.29) is 30.3 Å². The molecule has 2 rings (SSSR count). The van der Waals surface area contributed by atoms with Crippen molar-refractivity contribution < 1.29 is 23.4 Å². The van der Waals surface area contributed by atoms with Crippen LogP contribution >= 0.6 is 0 Å². The van der Waals surface area contributed by atoms with Gasteiger partial charge in [-0.15, -0.1) is 0 Å². The number of nitrogens with zero attached hydrogens (tertiary/aromatic N) is 2. The molecule has 0 bridgehead atoms. The number of benzene rings is 1. The summed E-state index contributed by atoms with van der Waals surface area (Å²) in [7, 11) is 0. The van der Waals surface area contributed by atoms with Crippen molar-refractivity contribution in [3.8, 4) is 5.75 Å². The highest BCUT2D eigenvalue weighted by molar-refractivity contribution is 5.92. The number of hydrogen-bond donors (Lipinski definition) is 1. The Morgan fingerprint density at radius 1 is 1.36 bits per heavy atom. The zero-order valence-corrected chi connectivity index (χ0v) is 14.0. The van der Waals surface area contributed by atoms with Crippen LogP contribution in [0.25, 0.3) is 0 Å². The van der Waals surface area contributed by atoms with Crippen LogP contribution in [0, 0.1) is 11.6 Å². The Hall–Kier alpha value is -2.77. The minimum atomic E-state index is -0.984. The summed E-state index contributed by atoms with van der Waals surface area (Å²) in [5.41, 5.74) is -1.34. The molecule has 8 heteroatoms. The average Bonchev–Trinajstić information content (AvgIpc) is 2.52. The molecule has 134 valence electrons. The van der Waals surface area contributed by atoms with Crippen molar-refractivity contribution in [2.45, 2.75) is 33.2 Å². The van der Waals surface area contributed by atoms with Gasteiger partial charge >= 0.3 is 5.97 Å². The molecule has 0 aliphatic heterocycles. The highest BCUT2D eigenvalue weighted by atomic mass is 19.1. The van der Waals surface area contributed by atoms with Gasteiger partial charge in [0.05, 0.1) is 13.2 Å². The number of ether oxygens (including phenoxy) is 1. The van der Waals surface area contributed by atoms with E-state index in [1.54, 1.807) is 20.8 Å². The number of aromatic hydroxyl groups is 1. The maximum absolute atomic E-state index is 13.9. The number of rotatable bonds is 5. The van der Waals surface area contributed by atoms with Crippen LogP contribution in [-0.4, -0.2) is 27.5 Å². The molecule has 0 amide bonds. The molecule has 1 aromatic heterocycles. The van der Waals surface area contributed by atoms with E-state index in [4.69, 9.17) is 4.74 Å². The summed E-state index contributed by atoms with van der Waals surface area (Å²) in [6, 6.07) is 2.93. The lowest BCUT2D eigenvalue weighted by atomic mass is 10.1. The van der Waals surface area contributed by atoms with Crippen molar-refractivity contribution in [2.75, 3.05) is 6.61 Å². The standard InChI is InChI=1S/C17H18F2N2O4/c1-4-25-17(24)13-15(22)14(9(2)3)20-21(16(13)23)8-10-5-6-11(18)7-12(10)19/h5-7,9,22H,4,8H2,1-3H3. The molecule has 0 saturated heterocycles. The smallest absolute Gasteiger partial charge is 0.347 e. The Bertz CT molecular complexity index is 862. The van der Waals surface area contributed by atoms with E-state index in [2.05, 4.69) is 5.10 Å². The lowest BCUT2D eigenvalue weighted by Crippen LogP contribution is -2.31. The molecule has 6 nitrogen and oxygen atoms in total. The van der Waals surface area contributed by atoms with E-state index in [0.29, 0.717) is 6.07 Å². The summed E-state index contributed by atoms with van der Waals surface area (Å²) in [6.45, 7) is 4.68. The lowest BCUT2D eigenvalue weighted by molar-refractivity contribution is 0.0519. The fraction of sp³-hybridized carbons (Fsp3) is 0.353. The number of halogens is 2. The van der Waals surface area contributed by atoms with Crippen LogP contribution in [0.3, 0.4) is 0 Å². The molecule has 0 fully saturated rings. The van der Waals surface area contributed by atoms with E-state index in [9.17, 15) is 23.5 Å². The first kappa shape index (κ1) is 18.6. The van der Waals surface area contributed by atoms with Crippen LogP contribution in [-0.2, 0) is 11.3 Å². The third-order valence-electron chi connectivity index (χ3n) is 3.52. The third-order valence-corrected chi connectivity index (χ3v) is 3.52. The first-order valence-electron chi connectivity index (χ1n) is 7.71. The maximum Gasteiger partial charge on any atom is 0.347 e. The molecule has 1 N–H and O–H groups in total. The molecular weight excluding hydrogens is 334 g/mol. The number of carbonyl (C=O) groups is 1. The molecule has 1 aromatic carbocycles. The summed E-state index contributed by atoms with van der Waals surface area (Å²) in [5, 5.41) is 14.2. The van der Waals surface area contributed by atoms with Gasteiger partial charge in [0.25, 0.3) is 5.56 Å². The molecule has 0 radical (unpaired) electrons. The molecule has 0 aliphatic carbocycles. The van der Waals surface area contributed by atoms with E-state index in [1.807, 2.05) is 0 Å². The molecule has 0 saturated carbocycles. The number of hydrogen-bond acceptors (Lipinski definition) is 5. The van der Waals surface area contributed by atoms with Gasteiger partial charge in [-0.3, -0.25) is 4.79 Å². The normalized spacial score (nSPS) is 11.0. The molecule has 1 heterocycles. The molecule has 2 aromatic rings. The summed E-state index contributed by atoms with van der Waals surface area (Å²) >= 11 is 0. The van der Waals surface area contributed by atoms with Gasteiger partial charge in [-0.2, -0.15) is 5.10 Å². The van der Waals surface area contributed by atoms with E-state index in [1.165, 1.54) is 6.07 Å².